The van der Waals surface area contributed by atoms with Crippen molar-refractivity contribution in [1.82, 2.24) is 10.5 Å². The fourth-order valence-corrected chi connectivity index (χ4v) is 2.15. The predicted molar refractivity (Wildman–Crippen MR) is 74.8 cm³/mol. The van der Waals surface area contributed by atoms with Crippen LogP contribution in [0.25, 0.3) is 0 Å². The minimum Gasteiger partial charge on any atom is -0.484 e. The summed E-state index contributed by atoms with van der Waals surface area (Å²) in [5.41, 5.74) is 0.928. The number of halogens is 1. The van der Waals surface area contributed by atoms with Gasteiger partial charge in [-0.3, -0.25) is 0 Å². The van der Waals surface area contributed by atoms with E-state index in [1.54, 1.807) is 0 Å². The first-order valence-corrected chi connectivity index (χ1v) is 7.16. The first-order chi connectivity index (χ1) is 9.31. The largest absolute Gasteiger partial charge is 0.484 e. The van der Waals surface area contributed by atoms with Crippen LogP contribution >= 0.6 is 15.9 Å². The summed E-state index contributed by atoms with van der Waals surface area (Å²) < 4.78 is 11.9. The minimum absolute atomic E-state index is 0.388. The van der Waals surface area contributed by atoms with Crippen LogP contribution in [0.3, 0.4) is 0 Å². The average Bonchev–Trinajstić information content (AvgIpc) is 3.14. The Morgan fingerprint density at radius 1 is 1.37 bits per heavy atom. The molecule has 1 saturated carbocycles. The maximum atomic E-state index is 5.67. The second kappa shape index (κ2) is 5.75. The van der Waals surface area contributed by atoms with Crippen LogP contribution in [0, 0.1) is 0 Å². The third kappa shape index (κ3) is 3.58. The molecular formula is C14H15BrN2O2. The predicted octanol–water partition coefficient (Wildman–Crippen LogP) is 3.27. The van der Waals surface area contributed by atoms with Crippen LogP contribution in [0.4, 0.5) is 0 Å². The van der Waals surface area contributed by atoms with E-state index in [1.165, 1.54) is 12.8 Å². The van der Waals surface area contributed by atoms with Crippen LogP contribution in [0.5, 0.6) is 5.75 Å². The van der Waals surface area contributed by atoms with E-state index in [2.05, 4.69) is 26.4 Å². The van der Waals surface area contributed by atoms with Crippen LogP contribution in [-0.4, -0.2) is 11.2 Å². The molecule has 2 aromatic rings. The summed E-state index contributed by atoms with van der Waals surface area (Å²) in [7, 11) is 0. The van der Waals surface area contributed by atoms with E-state index >= 15 is 0 Å². The standard InChI is InChI=1S/C14H15BrN2O2/c15-13-3-1-2-4-14(13)18-9-12-7-11(17-19-12)8-16-10-5-6-10/h1-4,7,10,16H,5-6,8-9H2. The van der Waals surface area contributed by atoms with Gasteiger partial charge in [-0.25, -0.2) is 0 Å². The van der Waals surface area contributed by atoms with E-state index < -0.39 is 0 Å². The number of benzene rings is 1. The van der Waals surface area contributed by atoms with Crippen LogP contribution in [0.1, 0.15) is 24.3 Å². The fraction of sp³-hybridized carbons (Fsp3) is 0.357. The topological polar surface area (TPSA) is 47.3 Å². The third-order valence-corrected chi connectivity index (χ3v) is 3.62. The van der Waals surface area contributed by atoms with E-state index in [0.29, 0.717) is 12.6 Å². The Bertz CT molecular complexity index is 552. The minimum atomic E-state index is 0.388. The van der Waals surface area contributed by atoms with Gasteiger partial charge in [-0.05, 0) is 40.9 Å². The van der Waals surface area contributed by atoms with E-state index in [-0.39, 0.29) is 0 Å². The maximum absolute atomic E-state index is 5.67. The monoisotopic (exact) mass is 322 g/mol. The number of aromatic nitrogens is 1. The van der Waals surface area contributed by atoms with Gasteiger partial charge in [0.15, 0.2) is 5.76 Å². The Morgan fingerprint density at radius 3 is 3.00 bits per heavy atom. The van der Waals surface area contributed by atoms with Crippen molar-refractivity contribution in [2.24, 2.45) is 0 Å². The van der Waals surface area contributed by atoms with Crippen molar-refractivity contribution < 1.29 is 9.26 Å². The zero-order valence-electron chi connectivity index (χ0n) is 10.4. The fourth-order valence-electron chi connectivity index (χ4n) is 1.75. The molecule has 3 rings (SSSR count). The Kier molecular flexibility index (Phi) is 3.84. The number of nitrogens with zero attached hydrogens (tertiary/aromatic N) is 1. The van der Waals surface area contributed by atoms with Crippen molar-refractivity contribution in [2.45, 2.75) is 32.0 Å². The van der Waals surface area contributed by atoms with Gasteiger partial charge in [-0.1, -0.05) is 17.3 Å². The smallest absolute Gasteiger partial charge is 0.174 e. The molecule has 0 aliphatic heterocycles. The van der Waals surface area contributed by atoms with Crippen LogP contribution in [-0.2, 0) is 13.2 Å². The number of para-hydroxylation sites is 1. The molecule has 100 valence electrons. The summed E-state index contributed by atoms with van der Waals surface area (Å²) >= 11 is 3.44. The van der Waals surface area contributed by atoms with Gasteiger partial charge in [0.25, 0.3) is 0 Å². The summed E-state index contributed by atoms with van der Waals surface area (Å²) in [6.07, 6.45) is 2.55. The van der Waals surface area contributed by atoms with Crippen molar-refractivity contribution >= 4 is 15.9 Å². The van der Waals surface area contributed by atoms with Crippen molar-refractivity contribution in [3.63, 3.8) is 0 Å². The van der Waals surface area contributed by atoms with Gasteiger partial charge in [0.2, 0.25) is 0 Å². The summed E-state index contributed by atoms with van der Waals surface area (Å²) in [4.78, 5) is 0. The van der Waals surface area contributed by atoms with E-state index in [9.17, 15) is 0 Å². The molecule has 0 radical (unpaired) electrons. The lowest BCUT2D eigenvalue weighted by Crippen LogP contribution is -2.15. The highest BCUT2D eigenvalue weighted by Gasteiger charge is 2.20. The Labute approximate surface area is 120 Å². The molecule has 0 unspecified atom stereocenters. The Hall–Kier alpha value is -1.33. The molecule has 0 atom stereocenters. The molecule has 1 aliphatic carbocycles. The van der Waals surface area contributed by atoms with Crippen molar-refractivity contribution in [3.8, 4) is 5.75 Å². The molecule has 19 heavy (non-hydrogen) atoms. The van der Waals surface area contributed by atoms with Crippen LogP contribution in [0.15, 0.2) is 39.3 Å². The highest BCUT2D eigenvalue weighted by molar-refractivity contribution is 9.10. The molecule has 1 N–H and O–H groups in total. The molecule has 1 aliphatic rings. The number of hydrogen-bond donors (Lipinski definition) is 1. The normalized spacial score (nSPS) is 14.6. The van der Waals surface area contributed by atoms with Crippen LogP contribution in [0.2, 0.25) is 0 Å². The average molecular weight is 323 g/mol. The summed E-state index contributed by atoms with van der Waals surface area (Å²) in [6, 6.07) is 10.4. The number of hydrogen-bond acceptors (Lipinski definition) is 4. The van der Waals surface area contributed by atoms with E-state index in [0.717, 1.165) is 28.2 Å². The van der Waals surface area contributed by atoms with E-state index in [1.807, 2.05) is 30.3 Å². The summed E-state index contributed by atoms with van der Waals surface area (Å²) in [5, 5.41) is 7.42. The lowest BCUT2D eigenvalue weighted by atomic mass is 10.3. The van der Waals surface area contributed by atoms with Gasteiger partial charge < -0.3 is 14.6 Å². The van der Waals surface area contributed by atoms with Gasteiger partial charge in [0.05, 0.1) is 10.2 Å². The molecule has 0 spiro atoms. The molecule has 4 nitrogen and oxygen atoms in total. The quantitative estimate of drug-likeness (QED) is 0.886. The Balaban J connectivity index is 1.53. The number of ether oxygens (including phenoxy) is 1. The molecule has 0 saturated heterocycles. The first-order valence-electron chi connectivity index (χ1n) is 6.36. The first kappa shape index (κ1) is 12.7. The zero-order chi connectivity index (χ0) is 13.1. The second-order valence-corrected chi connectivity index (χ2v) is 5.51. The molecule has 1 aromatic carbocycles. The lowest BCUT2D eigenvalue weighted by molar-refractivity contribution is 0.247. The van der Waals surface area contributed by atoms with Gasteiger partial charge in [0.1, 0.15) is 12.4 Å². The number of nitrogens with one attached hydrogen (secondary N) is 1. The van der Waals surface area contributed by atoms with Crippen molar-refractivity contribution in [2.75, 3.05) is 0 Å². The molecular weight excluding hydrogens is 308 g/mol. The number of rotatable bonds is 6. The van der Waals surface area contributed by atoms with Gasteiger partial charge in [-0.15, -0.1) is 0 Å². The SMILES string of the molecule is Brc1ccccc1OCc1cc(CNC2CC2)no1. The van der Waals surface area contributed by atoms with Crippen molar-refractivity contribution in [3.05, 3.63) is 46.3 Å². The summed E-state index contributed by atoms with van der Waals surface area (Å²) in [5.74, 6) is 1.54. The lowest BCUT2D eigenvalue weighted by Gasteiger charge is -2.04. The maximum Gasteiger partial charge on any atom is 0.174 e. The second-order valence-electron chi connectivity index (χ2n) is 4.66. The zero-order valence-corrected chi connectivity index (χ0v) is 12.0. The van der Waals surface area contributed by atoms with Crippen LogP contribution < -0.4 is 10.1 Å². The van der Waals surface area contributed by atoms with E-state index in [4.69, 9.17) is 9.26 Å². The highest BCUT2D eigenvalue weighted by atomic mass is 79.9. The molecule has 0 amide bonds. The Morgan fingerprint density at radius 2 is 2.21 bits per heavy atom. The summed E-state index contributed by atoms with van der Waals surface area (Å²) in [6.45, 7) is 1.16. The molecule has 5 heteroatoms. The highest BCUT2D eigenvalue weighted by Crippen LogP contribution is 2.24. The van der Waals surface area contributed by atoms with Crippen molar-refractivity contribution in [1.29, 1.82) is 0 Å². The van der Waals surface area contributed by atoms with Gasteiger partial charge in [0, 0.05) is 18.7 Å². The third-order valence-electron chi connectivity index (χ3n) is 2.96. The van der Waals surface area contributed by atoms with Gasteiger partial charge in [-0.2, -0.15) is 0 Å². The molecule has 1 fully saturated rings. The van der Waals surface area contributed by atoms with Gasteiger partial charge >= 0.3 is 0 Å². The molecule has 1 aromatic heterocycles. The molecule has 0 bridgehead atoms. The molecule has 1 heterocycles.